The number of nitrogens with one attached hydrogen (secondary N) is 1. The molecule has 0 aromatic heterocycles. The maximum Gasteiger partial charge on any atom is 0.241 e. The Morgan fingerprint density at radius 2 is 2.24 bits per heavy atom. The molecule has 5 nitrogen and oxygen atoms in total. The van der Waals surface area contributed by atoms with Crippen molar-refractivity contribution in [3.63, 3.8) is 0 Å². The molecule has 1 aliphatic rings. The second kappa shape index (κ2) is 5.99. The van der Waals surface area contributed by atoms with Gasteiger partial charge in [-0.15, -0.1) is 0 Å². The highest BCUT2D eigenvalue weighted by atomic mass is 19.1. The molecule has 1 fully saturated rings. The highest BCUT2D eigenvalue weighted by molar-refractivity contribution is 5.97. The van der Waals surface area contributed by atoms with Crippen LogP contribution in [0.25, 0.3) is 0 Å². The van der Waals surface area contributed by atoms with Crippen LogP contribution in [0, 0.1) is 5.82 Å². The molecule has 0 aliphatic carbocycles. The van der Waals surface area contributed by atoms with Crippen LogP contribution in [-0.2, 0) is 9.53 Å². The molecular formula is C15H22FN3O2. The topological polar surface area (TPSA) is 67.6 Å². The Hall–Kier alpha value is -1.66. The van der Waals surface area contributed by atoms with Gasteiger partial charge >= 0.3 is 0 Å². The standard InChI is InChI=1S/C15H22FN3O2/c1-10(19-6-7-21-9-15(19,2)3)14(20)18-13-5-4-11(16)8-12(13)17/h4-5,8,10H,6-7,9,17H2,1-3H3,(H,18,20). The van der Waals surface area contributed by atoms with Gasteiger partial charge in [-0.25, -0.2) is 4.39 Å². The molecule has 1 aromatic carbocycles. The molecule has 1 aromatic rings. The van der Waals surface area contributed by atoms with E-state index in [-0.39, 0.29) is 23.2 Å². The lowest BCUT2D eigenvalue weighted by Crippen LogP contribution is -2.59. The molecule has 1 heterocycles. The van der Waals surface area contributed by atoms with Gasteiger partial charge in [0.2, 0.25) is 5.91 Å². The molecule has 1 unspecified atom stereocenters. The number of nitrogens with two attached hydrogens (primary N) is 1. The zero-order valence-corrected chi connectivity index (χ0v) is 12.6. The molecule has 0 bridgehead atoms. The maximum absolute atomic E-state index is 13.0. The number of benzene rings is 1. The summed E-state index contributed by atoms with van der Waals surface area (Å²) in [5.41, 5.74) is 6.16. The summed E-state index contributed by atoms with van der Waals surface area (Å²) in [5, 5.41) is 2.76. The van der Waals surface area contributed by atoms with Crippen molar-refractivity contribution in [3.05, 3.63) is 24.0 Å². The van der Waals surface area contributed by atoms with Gasteiger partial charge in [0.25, 0.3) is 0 Å². The van der Waals surface area contributed by atoms with Crippen LogP contribution in [0.15, 0.2) is 18.2 Å². The number of rotatable bonds is 3. The average molecular weight is 295 g/mol. The van der Waals surface area contributed by atoms with E-state index in [4.69, 9.17) is 10.5 Å². The third-order valence-corrected chi connectivity index (χ3v) is 3.83. The molecule has 1 atom stereocenters. The van der Waals surface area contributed by atoms with Crippen molar-refractivity contribution in [1.82, 2.24) is 4.90 Å². The highest BCUT2D eigenvalue weighted by Gasteiger charge is 2.36. The SMILES string of the molecule is CC(C(=O)Nc1ccc(F)cc1N)N1CCOCC1(C)C. The minimum atomic E-state index is -0.423. The molecular weight excluding hydrogens is 273 g/mol. The number of carbonyl (C=O) groups excluding carboxylic acids is 1. The van der Waals surface area contributed by atoms with Crippen LogP contribution in [0.2, 0.25) is 0 Å². The number of nitrogen functional groups attached to an aromatic ring is 1. The number of nitrogens with zero attached hydrogens (tertiary/aromatic N) is 1. The molecule has 0 saturated carbocycles. The second-order valence-electron chi connectivity index (χ2n) is 5.96. The molecule has 3 N–H and O–H groups in total. The van der Waals surface area contributed by atoms with Gasteiger partial charge in [0.1, 0.15) is 5.82 Å². The van der Waals surface area contributed by atoms with Crippen LogP contribution in [0.3, 0.4) is 0 Å². The first-order valence-electron chi connectivity index (χ1n) is 7.01. The molecule has 1 saturated heterocycles. The smallest absolute Gasteiger partial charge is 0.241 e. The number of hydrogen-bond donors (Lipinski definition) is 2. The van der Waals surface area contributed by atoms with Gasteiger partial charge in [-0.2, -0.15) is 0 Å². The Bertz CT molecular complexity index is 534. The molecule has 21 heavy (non-hydrogen) atoms. The van der Waals surface area contributed by atoms with Crippen LogP contribution in [0.5, 0.6) is 0 Å². The van der Waals surface area contributed by atoms with Gasteiger partial charge in [-0.05, 0) is 39.0 Å². The van der Waals surface area contributed by atoms with E-state index in [9.17, 15) is 9.18 Å². The summed E-state index contributed by atoms with van der Waals surface area (Å²) in [5.74, 6) is -0.587. The number of ether oxygens (including phenoxy) is 1. The third kappa shape index (κ3) is 3.51. The van der Waals surface area contributed by atoms with E-state index in [0.717, 1.165) is 0 Å². The fourth-order valence-corrected chi connectivity index (χ4v) is 2.61. The van der Waals surface area contributed by atoms with E-state index < -0.39 is 5.82 Å². The molecule has 1 amide bonds. The van der Waals surface area contributed by atoms with Crippen LogP contribution >= 0.6 is 0 Å². The normalized spacial score (nSPS) is 20.0. The highest BCUT2D eigenvalue weighted by Crippen LogP contribution is 2.24. The van der Waals surface area contributed by atoms with E-state index in [1.165, 1.54) is 18.2 Å². The van der Waals surface area contributed by atoms with E-state index in [1.54, 1.807) is 0 Å². The van der Waals surface area contributed by atoms with Crippen LogP contribution in [-0.4, -0.2) is 42.1 Å². The lowest BCUT2D eigenvalue weighted by molar-refractivity contribution is -0.129. The van der Waals surface area contributed by atoms with Crippen molar-refractivity contribution in [2.75, 3.05) is 30.8 Å². The van der Waals surface area contributed by atoms with Crippen LogP contribution < -0.4 is 11.1 Å². The molecule has 1 aliphatic heterocycles. The van der Waals surface area contributed by atoms with Gasteiger partial charge in [-0.1, -0.05) is 0 Å². The van der Waals surface area contributed by atoms with Crippen LogP contribution in [0.4, 0.5) is 15.8 Å². The largest absolute Gasteiger partial charge is 0.397 e. The van der Waals surface area contributed by atoms with E-state index >= 15 is 0 Å². The third-order valence-electron chi connectivity index (χ3n) is 3.83. The first-order chi connectivity index (χ1) is 9.81. The fraction of sp³-hybridized carbons (Fsp3) is 0.533. The number of halogens is 1. The summed E-state index contributed by atoms with van der Waals surface area (Å²) >= 11 is 0. The Morgan fingerprint density at radius 1 is 1.52 bits per heavy atom. The molecule has 2 rings (SSSR count). The Labute approximate surface area is 124 Å². The number of morpholine rings is 1. The van der Waals surface area contributed by atoms with Crippen LogP contribution in [0.1, 0.15) is 20.8 Å². The lowest BCUT2D eigenvalue weighted by atomic mass is 9.99. The lowest BCUT2D eigenvalue weighted by Gasteiger charge is -2.44. The fourth-order valence-electron chi connectivity index (χ4n) is 2.61. The number of amides is 1. The van der Waals surface area contributed by atoms with Crippen molar-refractivity contribution in [2.45, 2.75) is 32.4 Å². The van der Waals surface area contributed by atoms with Gasteiger partial charge in [0, 0.05) is 12.1 Å². The Morgan fingerprint density at radius 3 is 2.86 bits per heavy atom. The first kappa shape index (κ1) is 15.7. The average Bonchev–Trinajstić information content (AvgIpc) is 2.40. The van der Waals surface area contributed by atoms with Crippen molar-refractivity contribution < 1.29 is 13.9 Å². The van der Waals surface area contributed by atoms with Gasteiger partial charge in [0.05, 0.1) is 30.6 Å². The zero-order chi connectivity index (χ0) is 15.6. The summed E-state index contributed by atoms with van der Waals surface area (Å²) in [6.45, 7) is 7.83. The van der Waals surface area contributed by atoms with E-state index in [0.29, 0.717) is 25.4 Å². The zero-order valence-electron chi connectivity index (χ0n) is 12.6. The minimum Gasteiger partial charge on any atom is -0.397 e. The van der Waals surface area contributed by atoms with E-state index in [1.807, 2.05) is 20.8 Å². The van der Waals surface area contributed by atoms with Crippen molar-refractivity contribution >= 4 is 17.3 Å². The number of hydrogen-bond acceptors (Lipinski definition) is 4. The summed E-state index contributed by atoms with van der Waals surface area (Å²) in [6, 6.07) is 3.61. The van der Waals surface area contributed by atoms with Crippen molar-refractivity contribution in [1.29, 1.82) is 0 Å². The summed E-state index contributed by atoms with van der Waals surface area (Å²) < 4.78 is 18.5. The quantitative estimate of drug-likeness (QED) is 0.835. The summed E-state index contributed by atoms with van der Waals surface area (Å²) in [7, 11) is 0. The van der Waals surface area contributed by atoms with E-state index in [2.05, 4.69) is 10.2 Å². The number of anilines is 2. The molecule has 6 heteroatoms. The van der Waals surface area contributed by atoms with Gasteiger partial charge in [0.15, 0.2) is 0 Å². The second-order valence-corrected chi connectivity index (χ2v) is 5.96. The number of carbonyl (C=O) groups is 1. The molecule has 0 radical (unpaired) electrons. The maximum atomic E-state index is 13.0. The summed E-state index contributed by atoms with van der Waals surface area (Å²) in [4.78, 5) is 14.5. The Kier molecular flexibility index (Phi) is 4.49. The molecule has 0 spiro atoms. The monoisotopic (exact) mass is 295 g/mol. The Balaban J connectivity index is 2.08. The van der Waals surface area contributed by atoms with Crippen molar-refractivity contribution in [3.8, 4) is 0 Å². The van der Waals surface area contributed by atoms with Gasteiger partial charge < -0.3 is 15.8 Å². The molecule has 116 valence electrons. The predicted octanol–water partition coefficient (Wildman–Crippen LogP) is 1.85. The van der Waals surface area contributed by atoms with Crippen molar-refractivity contribution in [2.24, 2.45) is 0 Å². The minimum absolute atomic E-state index is 0.164. The first-order valence-corrected chi connectivity index (χ1v) is 7.01. The summed E-state index contributed by atoms with van der Waals surface area (Å²) in [6.07, 6.45) is 0. The van der Waals surface area contributed by atoms with Gasteiger partial charge in [-0.3, -0.25) is 9.69 Å². The predicted molar refractivity (Wildman–Crippen MR) is 80.5 cm³/mol.